The van der Waals surface area contributed by atoms with Gasteiger partial charge in [-0.2, -0.15) is 0 Å². The van der Waals surface area contributed by atoms with Crippen molar-refractivity contribution in [2.45, 2.75) is 32.1 Å². The summed E-state index contributed by atoms with van der Waals surface area (Å²) in [6.45, 7) is 2.27. The molecule has 1 rings (SSSR count). The maximum absolute atomic E-state index is 12.0. The zero-order chi connectivity index (χ0) is 13.4. The van der Waals surface area contributed by atoms with Crippen molar-refractivity contribution in [3.8, 4) is 0 Å². The molecule has 0 spiro atoms. The first-order chi connectivity index (χ1) is 8.69. The van der Waals surface area contributed by atoms with Crippen LogP contribution in [0, 0.1) is 0 Å². The van der Waals surface area contributed by atoms with Gasteiger partial charge < -0.3 is 4.74 Å². The number of benzene rings is 1. The molecule has 2 nitrogen and oxygen atoms in total. The molecule has 0 aromatic heterocycles. The average molecular weight is 378 g/mol. The summed E-state index contributed by atoms with van der Waals surface area (Å²) < 4.78 is 6.16. The molecule has 100 valence electrons. The second-order valence-corrected chi connectivity index (χ2v) is 5.75. The number of alkyl halides is 1. The molecule has 1 aromatic rings. The van der Waals surface area contributed by atoms with E-state index in [9.17, 15) is 4.79 Å². The number of halogens is 2. The Morgan fingerprint density at radius 3 is 2.78 bits per heavy atom. The van der Waals surface area contributed by atoms with Crippen LogP contribution >= 0.6 is 31.9 Å². The number of rotatable bonds is 7. The largest absolute Gasteiger partial charge is 0.466 e. The van der Waals surface area contributed by atoms with Gasteiger partial charge in [-0.05, 0) is 37.5 Å². The van der Waals surface area contributed by atoms with E-state index in [-0.39, 0.29) is 11.9 Å². The Kier molecular flexibility index (Phi) is 7.59. The van der Waals surface area contributed by atoms with Crippen LogP contribution in [-0.4, -0.2) is 17.9 Å². The van der Waals surface area contributed by atoms with Crippen LogP contribution in [0.4, 0.5) is 0 Å². The molecule has 0 radical (unpaired) electrons. The highest BCUT2D eigenvalue weighted by molar-refractivity contribution is 9.10. The molecule has 1 atom stereocenters. The van der Waals surface area contributed by atoms with Crippen molar-refractivity contribution in [2.24, 2.45) is 0 Å². The highest BCUT2D eigenvalue weighted by Crippen LogP contribution is 2.26. The van der Waals surface area contributed by atoms with Crippen molar-refractivity contribution in [2.75, 3.05) is 11.9 Å². The van der Waals surface area contributed by atoms with Gasteiger partial charge in [0.25, 0.3) is 0 Å². The van der Waals surface area contributed by atoms with Gasteiger partial charge in [-0.25, -0.2) is 0 Å². The Bertz CT molecular complexity index is 380. The number of hydrogen-bond donors (Lipinski definition) is 0. The molecular weight excluding hydrogens is 360 g/mol. The Morgan fingerprint density at radius 1 is 1.39 bits per heavy atom. The van der Waals surface area contributed by atoms with Crippen molar-refractivity contribution in [3.05, 3.63) is 34.3 Å². The Hall–Kier alpha value is -0.350. The van der Waals surface area contributed by atoms with Crippen molar-refractivity contribution < 1.29 is 9.53 Å². The third kappa shape index (κ3) is 5.11. The fourth-order valence-electron chi connectivity index (χ4n) is 1.83. The van der Waals surface area contributed by atoms with Gasteiger partial charge in [-0.1, -0.05) is 50.4 Å². The minimum atomic E-state index is -0.151. The number of carbonyl (C=O) groups excluding carboxylic acids is 1. The van der Waals surface area contributed by atoms with E-state index >= 15 is 0 Å². The zero-order valence-electron chi connectivity index (χ0n) is 10.5. The first-order valence-corrected chi connectivity index (χ1v) is 8.08. The smallest absolute Gasteiger partial charge is 0.313 e. The van der Waals surface area contributed by atoms with Crippen LogP contribution in [0.15, 0.2) is 28.7 Å². The lowest BCUT2D eigenvalue weighted by Gasteiger charge is -2.16. The summed E-state index contributed by atoms with van der Waals surface area (Å²) in [4.78, 5) is 12.0. The lowest BCUT2D eigenvalue weighted by atomic mass is 9.94. The van der Waals surface area contributed by atoms with Gasteiger partial charge in [0, 0.05) is 9.80 Å². The highest BCUT2D eigenvalue weighted by atomic mass is 79.9. The fourth-order valence-corrected chi connectivity index (χ4v) is 2.64. The summed E-state index contributed by atoms with van der Waals surface area (Å²) in [5.41, 5.74) is 1.03. The predicted octanol–water partition coefficient (Wildman–Crippen LogP) is 4.66. The van der Waals surface area contributed by atoms with Crippen molar-refractivity contribution in [1.29, 1.82) is 0 Å². The van der Waals surface area contributed by atoms with E-state index < -0.39 is 0 Å². The van der Waals surface area contributed by atoms with Crippen LogP contribution < -0.4 is 0 Å². The lowest BCUT2D eigenvalue weighted by molar-refractivity contribution is -0.145. The number of hydrogen-bond acceptors (Lipinski definition) is 2. The van der Waals surface area contributed by atoms with Crippen LogP contribution in [0.3, 0.4) is 0 Å². The quantitative estimate of drug-likeness (QED) is 0.392. The number of unbranched alkanes of at least 4 members (excludes halogenated alkanes) is 1. The summed E-state index contributed by atoms with van der Waals surface area (Å²) in [6.07, 6.45) is 2.92. The van der Waals surface area contributed by atoms with Crippen LogP contribution in [0.25, 0.3) is 0 Å². The van der Waals surface area contributed by atoms with Crippen LogP contribution in [0.5, 0.6) is 0 Å². The normalized spacial score (nSPS) is 12.2. The van der Waals surface area contributed by atoms with E-state index in [1.54, 1.807) is 0 Å². The average Bonchev–Trinajstić information content (AvgIpc) is 2.35. The molecule has 0 heterocycles. The van der Waals surface area contributed by atoms with Gasteiger partial charge >= 0.3 is 5.97 Å². The summed E-state index contributed by atoms with van der Waals surface area (Å²) in [5, 5.41) is 0.973. The van der Waals surface area contributed by atoms with Crippen LogP contribution in [0.1, 0.15) is 37.7 Å². The monoisotopic (exact) mass is 376 g/mol. The molecule has 0 saturated heterocycles. The third-order valence-electron chi connectivity index (χ3n) is 2.70. The van der Waals surface area contributed by atoms with E-state index in [2.05, 4.69) is 31.9 Å². The van der Waals surface area contributed by atoms with E-state index in [0.29, 0.717) is 6.61 Å². The predicted molar refractivity (Wildman–Crippen MR) is 81.2 cm³/mol. The molecule has 0 aliphatic rings. The molecule has 0 fully saturated rings. The summed E-state index contributed by atoms with van der Waals surface area (Å²) >= 11 is 6.85. The fraction of sp³-hybridized carbons (Fsp3) is 0.500. The molecule has 0 N–H and O–H groups in total. The van der Waals surface area contributed by atoms with Crippen molar-refractivity contribution in [1.82, 2.24) is 0 Å². The molecular formula is C14H18Br2O2. The van der Waals surface area contributed by atoms with Crippen LogP contribution in [-0.2, 0) is 9.53 Å². The molecule has 0 unspecified atom stereocenters. The number of esters is 1. The van der Waals surface area contributed by atoms with Crippen molar-refractivity contribution in [3.63, 3.8) is 0 Å². The molecule has 1 aromatic carbocycles. The summed E-state index contributed by atoms with van der Waals surface area (Å²) in [6, 6.07) is 7.90. The molecule has 0 aliphatic heterocycles. The number of ether oxygens (including phenoxy) is 1. The Labute approximate surface area is 125 Å². The maximum atomic E-state index is 12.0. The van der Waals surface area contributed by atoms with Gasteiger partial charge in [-0.15, -0.1) is 0 Å². The molecule has 0 saturated carbocycles. The van der Waals surface area contributed by atoms with Crippen LogP contribution in [0.2, 0.25) is 0 Å². The molecule has 0 amide bonds. The van der Waals surface area contributed by atoms with Gasteiger partial charge in [0.05, 0.1) is 12.5 Å². The van der Waals surface area contributed by atoms with Gasteiger partial charge in [0.2, 0.25) is 0 Å². The Morgan fingerprint density at radius 2 is 2.17 bits per heavy atom. The first kappa shape index (κ1) is 15.7. The maximum Gasteiger partial charge on any atom is 0.313 e. The Balaban J connectivity index is 2.78. The van der Waals surface area contributed by atoms with E-state index in [0.717, 1.165) is 34.6 Å². The zero-order valence-corrected chi connectivity index (χ0v) is 13.7. The van der Waals surface area contributed by atoms with Gasteiger partial charge in [0.1, 0.15) is 0 Å². The van der Waals surface area contributed by atoms with Crippen molar-refractivity contribution >= 4 is 37.8 Å². The van der Waals surface area contributed by atoms with E-state index in [1.807, 2.05) is 31.2 Å². The van der Waals surface area contributed by atoms with E-state index in [4.69, 9.17) is 4.74 Å². The lowest BCUT2D eigenvalue weighted by Crippen LogP contribution is -2.16. The van der Waals surface area contributed by atoms with Gasteiger partial charge in [-0.3, -0.25) is 4.79 Å². The topological polar surface area (TPSA) is 26.3 Å². The van der Waals surface area contributed by atoms with E-state index in [1.165, 1.54) is 0 Å². The second kappa shape index (κ2) is 8.70. The standard InChI is InChI=1S/C14H18Br2O2/c1-2-18-14(17)13(8-3-4-9-15)11-6-5-7-12(16)10-11/h5-7,10,13H,2-4,8-9H2,1H3/t13-/m1/s1. The molecule has 0 bridgehead atoms. The SMILES string of the molecule is CCOC(=O)[C@H](CCCCBr)c1cccc(Br)c1. The van der Waals surface area contributed by atoms with Gasteiger partial charge in [0.15, 0.2) is 0 Å². The molecule has 18 heavy (non-hydrogen) atoms. The summed E-state index contributed by atoms with van der Waals surface area (Å²) in [5.74, 6) is -0.272. The summed E-state index contributed by atoms with van der Waals surface area (Å²) in [7, 11) is 0. The second-order valence-electron chi connectivity index (χ2n) is 4.04. The minimum absolute atomic E-state index is 0.120. The molecule has 4 heteroatoms. The molecule has 0 aliphatic carbocycles. The third-order valence-corrected chi connectivity index (χ3v) is 3.75. The first-order valence-electron chi connectivity index (χ1n) is 6.17. The highest BCUT2D eigenvalue weighted by Gasteiger charge is 2.21. The minimum Gasteiger partial charge on any atom is -0.466 e. The number of carbonyl (C=O) groups is 1.